The van der Waals surface area contributed by atoms with Crippen LogP contribution in [-0.2, 0) is 0 Å². The van der Waals surface area contributed by atoms with Gasteiger partial charge in [0.2, 0.25) is 0 Å². The Hall–Kier alpha value is -0.500. The molecule has 3 heteroatoms. The van der Waals surface area contributed by atoms with Crippen molar-refractivity contribution < 1.29 is 0 Å². The largest absolute Gasteiger partial charge is 0.0843 e. The Morgan fingerprint density at radius 3 is 2.33 bits per heavy atom. The standard InChI is InChI=1S/C12H7BrCl2/c13-11-6-5-8(14)7-10(11)9-3-1-2-4-12(9)15/h1-7H. The van der Waals surface area contributed by atoms with Crippen LogP contribution in [0.2, 0.25) is 10.0 Å². The Bertz CT molecular complexity index is 495. The van der Waals surface area contributed by atoms with E-state index >= 15 is 0 Å². The van der Waals surface area contributed by atoms with Crippen molar-refractivity contribution >= 4 is 39.1 Å². The normalized spacial score (nSPS) is 10.3. The number of hydrogen-bond donors (Lipinski definition) is 0. The minimum absolute atomic E-state index is 0.702. The topological polar surface area (TPSA) is 0 Å². The molecule has 0 N–H and O–H groups in total. The molecule has 0 saturated heterocycles. The van der Waals surface area contributed by atoms with E-state index in [0.717, 1.165) is 20.6 Å². The molecule has 0 bridgehead atoms. The second-order valence-corrected chi connectivity index (χ2v) is 4.80. The number of halogens is 3. The summed E-state index contributed by atoms with van der Waals surface area (Å²) >= 11 is 15.6. The third kappa shape index (κ3) is 2.36. The first-order valence-electron chi connectivity index (χ1n) is 4.38. The monoisotopic (exact) mass is 300 g/mol. The predicted octanol–water partition coefficient (Wildman–Crippen LogP) is 5.42. The second kappa shape index (κ2) is 4.56. The van der Waals surface area contributed by atoms with Gasteiger partial charge in [-0.15, -0.1) is 0 Å². The van der Waals surface area contributed by atoms with E-state index in [1.165, 1.54) is 0 Å². The van der Waals surface area contributed by atoms with Crippen LogP contribution in [0.5, 0.6) is 0 Å². The van der Waals surface area contributed by atoms with E-state index in [1.807, 2.05) is 42.5 Å². The van der Waals surface area contributed by atoms with Crippen LogP contribution in [0, 0.1) is 0 Å². The van der Waals surface area contributed by atoms with Crippen molar-refractivity contribution in [3.63, 3.8) is 0 Å². The van der Waals surface area contributed by atoms with Crippen LogP contribution in [-0.4, -0.2) is 0 Å². The van der Waals surface area contributed by atoms with Crippen molar-refractivity contribution in [3.05, 3.63) is 57.0 Å². The fourth-order valence-corrected chi connectivity index (χ4v) is 2.25. The summed E-state index contributed by atoms with van der Waals surface area (Å²) in [7, 11) is 0. The first-order valence-corrected chi connectivity index (χ1v) is 5.93. The summed E-state index contributed by atoms with van der Waals surface area (Å²) in [6.45, 7) is 0. The van der Waals surface area contributed by atoms with E-state index in [-0.39, 0.29) is 0 Å². The molecule has 0 amide bonds. The highest BCUT2D eigenvalue weighted by Crippen LogP contribution is 2.34. The molecule has 2 aromatic rings. The van der Waals surface area contributed by atoms with E-state index in [1.54, 1.807) is 0 Å². The Balaban J connectivity index is 2.64. The third-order valence-corrected chi connectivity index (χ3v) is 3.35. The van der Waals surface area contributed by atoms with Crippen LogP contribution in [0.25, 0.3) is 11.1 Å². The predicted molar refractivity (Wildman–Crippen MR) is 69.6 cm³/mol. The molecule has 0 saturated carbocycles. The highest BCUT2D eigenvalue weighted by atomic mass is 79.9. The fourth-order valence-electron chi connectivity index (χ4n) is 1.38. The molecule has 0 atom stereocenters. The molecule has 2 aromatic carbocycles. The van der Waals surface area contributed by atoms with Crippen LogP contribution in [0.3, 0.4) is 0 Å². The second-order valence-electron chi connectivity index (χ2n) is 3.10. The molecule has 15 heavy (non-hydrogen) atoms. The lowest BCUT2D eigenvalue weighted by Gasteiger charge is -2.07. The first-order chi connectivity index (χ1) is 7.18. The van der Waals surface area contributed by atoms with Crippen molar-refractivity contribution in [2.75, 3.05) is 0 Å². The van der Waals surface area contributed by atoms with Gasteiger partial charge in [-0.1, -0.05) is 57.3 Å². The molecule has 76 valence electrons. The van der Waals surface area contributed by atoms with E-state index < -0.39 is 0 Å². The summed E-state index contributed by atoms with van der Waals surface area (Å²) in [5, 5.41) is 1.42. The van der Waals surface area contributed by atoms with Crippen LogP contribution in [0.1, 0.15) is 0 Å². The zero-order valence-corrected chi connectivity index (χ0v) is 10.8. The summed E-state index contributed by atoms with van der Waals surface area (Å²) < 4.78 is 0.986. The molecule has 0 aliphatic carbocycles. The molecule has 0 unspecified atom stereocenters. The van der Waals surface area contributed by atoms with Crippen LogP contribution in [0.4, 0.5) is 0 Å². The summed E-state index contributed by atoms with van der Waals surface area (Å²) in [5.41, 5.74) is 1.99. The van der Waals surface area contributed by atoms with Gasteiger partial charge >= 0.3 is 0 Å². The maximum absolute atomic E-state index is 6.12. The summed E-state index contributed by atoms with van der Waals surface area (Å²) in [6, 6.07) is 13.3. The molecule has 0 nitrogen and oxygen atoms in total. The van der Waals surface area contributed by atoms with Gasteiger partial charge in [0, 0.05) is 20.1 Å². The van der Waals surface area contributed by atoms with Crippen LogP contribution in [0.15, 0.2) is 46.9 Å². The van der Waals surface area contributed by atoms with Crippen LogP contribution < -0.4 is 0 Å². The zero-order chi connectivity index (χ0) is 10.8. The fraction of sp³-hybridized carbons (Fsp3) is 0. The molecule has 0 aliphatic rings. The van der Waals surface area contributed by atoms with E-state index in [4.69, 9.17) is 23.2 Å². The van der Waals surface area contributed by atoms with Crippen LogP contribution >= 0.6 is 39.1 Å². The van der Waals surface area contributed by atoms with Gasteiger partial charge in [-0.05, 0) is 29.8 Å². The first kappa shape index (κ1) is 11.0. The van der Waals surface area contributed by atoms with Crippen molar-refractivity contribution in [1.29, 1.82) is 0 Å². The molecule has 0 aliphatic heterocycles. The van der Waals surface area contributed by atoms with Gasteiger partial charge in [0.15, 0.2) is 0 Å². The Labute approximate surface area is 107 Å². The smallest absolute Gasteiger partial charge is 0.0484 e. The molecular weight excluding hydrogens is 295 g/mol. The number of hydrogen-bond acceptors (Lipinski definition) is 0. The van der Waals surface area contributed by atoms with Gasteiger partial charge in [-0.2, -0.15) is 0 Å². The molecule has 0 fully saturated rings. The van der Waals surface area contributed by atoms with E-state index in [9.17, 15) is 0 Å². The van der Waals surface area contributed by atoms with Crippen molar-refractivity contribution in [2.45, 2.75) is 0 Å². The lowest BCUT2D eigenvalue weighted by molar-refractivity contribution is 1.58. The van der Waals surface area contributed by atoms with E-state index in [0.29, 0.717) is 5.02 Å². The molecule has 0 radical (unpaired) electrons. The molecular formula is C12H7BrCl2. The van der Waals surface area contributed by atoms with Crippen molar-refractivity contribution in [2.24, 2.45) is 0 Å². The highest BCUT2D eigenvalue weighted by molar-refractivity contribution is 9.10. The van der Waals surface area contributed by atoms with E-state index in [2.05, 4.69) is 15.9 Å². The minimum atomic E-state index is 0.702. The van der Waals surface area contributed by atoms with Gasteiger partial charge in [0.05, 0.1) is 0 Å². The molecule has 0 spiro atoms. The Morgan fingerprint density at radius 2 is 1.60 bits per heavy atom. The van der Waals surface area contributed by atoms with Gasteiger partial charge in [0.1, 0.15) is 0 Å². The molecule has 0 heterocycles. The maximum Gasteiger partial charge on any atom is 0.0484 e. The maximum atomic E-state index is 6.12. The average molecular weight is 302 g/mol. The average Bonchev–Trinajstić information content (AvgIpc) is 2.23. The zero-order valence-electron chi connectivity index (χ0n) is 7.68. The molecule has 2 rings (SSSR count). The van der Waals surface area contributed by atoms with Crippen molar-refractivity contribution in [3.8, 4) is 11.1 Å². The summed E-state index contributed by atoms with van der Waals surface area (Å²) in [6.07, 6.45) is 0. The Kier molecular flexibility index (Phi) is 3.35. The van der Waals surface area contributed by atoms with Gasteiger partial charge < -0.3 is 0 Å². The third-order valence-electron chi connectivity index (χ3n) is 2.09. The van der Waals surface area contributed by atoms with Crippen molar-refractivity contribution in [1.82, 2.24) is 0 Å². The lowest BCUT2D eigenvalue weighted by Crippen LogP contribution is -1.81. The Morgan fingerprint density at radius 1 is 0.867 bits per heavy atom. The number of rotatable bonds is 1. The molecule has 0 aromatic heterocycles. The summed E-state index contributed by atoms with van der Waals surface area (Å²) in [5.74, 6) is 0. The van der Waals surface area contributed by atoms with Gasteiger partial charge in [-0.25, -0.2) is 0 Å². The lowest BCUT2D eigenvalue weighted by atomic mass is 10.1. The minimum Gasteiger partial charge on any atom is -0.0843 e. The SMILES string of the molecule is Clc1ccc(Br)c(-c2ccccc2Cl)c1. The number of benzene rings is 2. The summed E-state index contributed by atoms with van der Waals surface area (Å²) in [4.78, 5) is 0. The van der Waals surface area contributed by atoms with Gasteiger partial charge in [0.25, 0.3) is 0 Å². The quantitative estimate of drug-likeness (QED) is 0.659. The van der Waals surface area contributed by atoms with Gasteiger partial charge in [-0.3, -0.25) is 0 Å². The highest BCUT2D eigenvalue weighted by Gasteiger charge is 2.06.